The number of halogens is 3. The second kappa shape index (κ2) is 5.59. The molecule has 0 saturated heterocycles. The van der Waals surface area contributed by atoms with Crippen molar-refractivity contribution < 1.29 is 8.42 Å². The van der Waals surface area contributed by atoms with Crippen LogP contribution in [0.2, 0.25) is 15.1 Å². The molecule has 0 amide bonds. The van der Waals surface area contributed by atoms with E-state index >= 15 is 0 Å². The molecule has 0 heterocycles. The Hall–Kier alpha value is -0.940. The van der Waals surface area contributed by atoms with Crippen molar-refractivity contribution >= 4 is 50.5 Å². The Morgan fingerprint density at radius 2 is 1.37 bits per heavy atom. The van der Waals surface area contributed by atoms with Crippen molar-refractivity contribution in [3.8, 4) is 0 Å². The Kier molecular flexibility index (Phi) is 4.26. The van der Waals surface area contributed by atoms with Gasteiger partial charge < -0.3 is 0 Å². The summed E-state index contributed by atoms with van der Waals surface area (Å²) < 4.78 is 26.6. The van der Waals surface area contributed by atoms with E-state index in [1.54, 1.807) is 18.2 Å². The molecule has 0 spiro atoms. The molecular formula is C12H8Cl3NO2S. The molecule has 2 rings (SSSR count). The highest BCUT2D eigenvalue weighted by Gasteiger charge is 2.17. The standard InChI is InChI=1S/C12H8Cl3NO2S/c13-8-4-6-9(7-5-8)19(17,18)16-12-10(14)2-1-3-11(12)15/h1-7,16H. The molecule has 0 fully saturated rings. The van der Waals surface area contributed by atoms with E-state index in [9.17, 15) is 8.42 Å². The number of sulfonamides is 1. The number of hydrogen-bond donors (Lipinski definition) is 1. The highest BCUT2D eigenvalue weighted by molar-refractivity contribution is 7.92. The van der Waals surface area contributed by atoms with Crippen LogP contribution in [0.3, 0.4) is 0 Å². The molecule has 7 heteroatoms. The summed E-state index contributed by atoms with van der Waals surface area (Å²) in [6.07, 6.45) is 0. The summed E-state index contributed by atoms with van der Waals surface area (Å²) in [6.45, 7) is 0. The topological polar surface area (TPSA) is 46.2 Å². The largest absolute Gasteiger partial charge is 0.277 e. The molecule has 2 aromatic rings. The van der Waals surface area contributed by atoms with Gasteiger partial charge in [0.15, 0.2) is 0 Å². The van der Waals surface area contributed by atoms with Crippen LogP contribution in [0.1, 0.15) is 0 Å². The maximum Gasteiger partial charge on any atom is 0.261 e. The van der Waals surface area contributed by atoms with Crippen molar-refractivity contribution in [1.82, 2.24) is 0 Å². The van der Waals surface area contributed by atoms with Crippen LogP contribution in [-0.2, 0) is 10.0 Å². The first kappa shape index (κ1) is 14.5. The molecule has 0 bridgehead atoms. The van der Waals surface area contributed by atoms with Gasteiger partial charge in [0.2, 0.25) is 0 Å². The molecule has 0 aliphatic carbocycles. The number of hydrogen-bond acceptors (Lipinski definition) is 2. The third-order valence-corrected chi connectivity index (χ3v) is 4.57. The van der Waals surface area contributed by atoms with Gasteiger partial charge in [0.1, 0.15) is 0 Å². The second-order valence-electron chi connectivity index (χ2n) is 3.66. The fourth-order valence-corrected chi connectivity index (χ4v) is 3.23. The zero-order valence-electron chi connectivity index (χ0n) is 9.40. The number of rotatable bonds is 3. The van der Waals surface area contributed by atoms with E-state index in [2.05, 4.69) is 4.72 Å². The quantitative estimate of drug-likeness (QED) is 0.900. The Morgan fingerprint density at radius 3 is 1.89 bits per heavy atom. The molecule has 0 aliphatic heterocycles. The lowest BCUT2D eigenvalue weighted by molar-refractivity contribution is 0.601. The van der Waals surface area contributed by atoms with Crippen LogP contribution in [-0.4, -0.2) is 8.42 Å². The van der Waals surface area contributed by atoms with E-state index in [0.29, 0.717) is 5.02 Å². The molecule has 0 unspecified atom stereocenters. The van der Waals surface area contributed by atoms with Crippen molar-refractivity contribution in [1.29, 1.82) is 0 Å². The maximum absolute atomic E-state index is 12.1. The third-order valence-electron chi connectivity index (χ3n) is 2.32. The lowest BCUT2D eigenvalue weighted by Gasteiger charge is -2.11. The molecule has 100 valence electrons. The van der Waals surface area contributed by atoms with Gasteiger partial charge in [-0.3, -0.25) is 4.72 Å². The van der Waals surface area contributed by atoms with Crippen molar-refractivity contribution in [2.75, 3.05) is 4.72 Å². The van der Waals surface area contributed by atoms with Crippen molar-refractivity contribution in [2.24, 2.45) is 0 Å². The maximum atomic E-state index is 12.1. The molecule has 0 radical (unpaired) electrons. The molecule has 2 aromatic carbocycles. The van der Waals surface area contributed by atoms with Gasteiger partial charge >= 0.3 is 0 Å². The van der Waals surface area contributed by atoms with E-state index in [4.69, 9.17) is 34.8 Å². The van der Waals surface area contributed by atoms with Crippen LogP contribution < -0.4 is 4.72 Å². The van der Waals surface area contributed by atoms with Crippen molar-refractivity contribution in [2.45, 2.75) is 4.90 Å². The van der Waals surface area contributed by atoms with Crippen LogP contribution in [0.25, 0.3) is 0 Å². The normalized spacial score (nSPS) is 11.3. The van der Waals surface area contributed by atoms with Gasteiger partial charge in [0.25, 0.3) is 10.0 Å². The number of benzene rings is 2. The van der Waals surface area contributed by atoms with E-state index in [0.717, 1.165) is 0 Å². The van der Waals surface area contributed by atoms with E-state index in [1.807, 2.05) is 0 Å². The zero-order chi connectivity index (χ0) is 14.0. The van der Waals surface area contributed by atoms with E-state index in [-0.39, 0.29) is 20.6 Å². The fraction of sp³-hybridized carbons (Fsp3) is 0. The van der Waals surface area contributed by atoms with Gasteiger partial charge in [-0.2, -0.15) is 0 Å². The van der Waals surface area contributed by atoms with Crippen molar-refractivity contribution in [3.05, 3.63) is 57.5 Å². The summed E-state index contributed by atoms with van der Waals surface area (Å²) in [6, 6.07) is 10.5. The minimum atomic E-state index is -3.75. The molecule has 0 aliphatic rings. The fourth-order valence-electron chi connectivity index (χ4n) is 1.40. The van der Waals surface area contributed by atoms with Crippen LogP contribution in [0.5, 0.6) is 0 Å². The van der Waals surface area contributed by atoms with Crippen LogP contribution in [0, 0.1) is 0 Å². The number of nitrogens with one attached hydrogen (secondary N) is 1. The van der Waals surface area contributed by atoms with Gasteiger partial charge in [-0.05, 0) is 36.4 Å². The average molecular weight is 337 g/mol. The number of para-hydroxylation sites is 1. The van der Waals surface area contributed by atoms with E-state index < -0.39 is 10.0 Å². The first-order valence-electron chi connectivity index (χ1n) is 5.12. The molecular weight excluding hydrogens is 329 g/mol. The first-order valence-corrected chi connectivity index (χ1v) is 7.74. The Balaban J connectivity index is 2.39. The Bertz CT molecular complexity index is 679. The van der Waals surface area contributed by atoms with E-state index in [1.165, 1.54) is 24.3 Å². The Labute approximate surface area is 126 Å². The van der Waals surface area contributed by atoms with Gasteiger partial charge in [0, 0.05) is 5.02 Å². The summed E-state index contributed by atoms with van der Waals surface area (Å²) in [7, 11) is -3.75. The highest BCUT2D eigenvalue weighted by Crippen LogP contribution is 2.31. The minimum absolute atomic E-state index is 0.0767. The second-order valence-corrected chi connectivity index (χ2v) is 6.59. The minimum Gasteiger partial charge on any atom is -0.277 e. The summed E-state index contributed by atoms with van der Waals surface area (Å²) in [5, 5.41) is 0.907. The van der Waals surface area contributed by atoms with Crippen LogP contribution in [0.15, 0.2) is 47.4 Å². The highest BCUT2D eigenvalue weighted by atomic mass is 35.5. The van der Waals surface area contributed by atoms with Gasteiger partial charge in [-0.15, -0.1) is 0 Å². The van der Waals surface area contributed by atoms with Crippen LogP contribution >= 0.6 is 34.8 Å². The monoisotopic (exact) mass is 335 g/mol. The van der Waals surface area contributed by atoms with Gasteiger partial charge in [-0.1, -0.05) is 40.9 Å². The molecule has 1 N–H and O–H groups in total. The van der Waals surface area contributed by atoms with Gasteiger partial charge in [0.05, 0.1) is 20.6 Å². The molecule has 0 saturated carbocycles. The summed E-state index contributed by atoms with van der Waals surface area (Å²) in [4.78, 5) is 0.0767. The molecule has 19 heavy (non-hydrogen) atoms. The summed E-state index contributed by atoms with van der Waals surface area (Å²) >= 11 is 17.5. The predicted molar refractivity (Wildman–Crippen MR) is 78.7 cm³/mol. The SMILES string of the molecule is O=S(=O)(Nc1c(Cl)cccc1Cl)c1ccc(Cl)cc1. The van der Waals surface area contributed by atoms with Crippen molar-refractivity contribution in [3.63, 3.8) is 0 Å². The predicted octanol–water partition coefficient (Wildman–Crippen LogP) is 4.45. The Morgan fingerprint density at radius 1 is 0.842 bits per heavy atom. The molecule has 0 aromatic heterocycles. The first-order chi connectivity index (χ1) is 8.90. The third kappa shape index (κ3) is 3.34. The van der Waals surface area contributed by atoms with Crippen LogP contribution in [0.4, 0.5) is 5.69 Å². The molecule has 3 nitrogen and oxygen atoms in total. The summed E-state index contributed by atoms with van der Waals surface area (Å²) in [5.41, 5.74) is 0.154. The smallest absolute Gasteiger partial charge is 0.261 e. The zero-order valence-corrected chi connectivity index (χ0v) is 12.5. The molecule has 0 atom stereocenters. The average Bonchev–Trinajstić information content (AvgIpc) is 2.35. The lowest BCUT2D eigenvalue weighted by Crippen LogP contribution is -2.13. The number of anilines is 1. The van der Waals surface area contributed by atoms with Gasteiger partial charge in [-0.25, -0.2) is 8.42 Å². The lowest BCUT2D eigenvalue weighted by atomic mass is 10.3. The summed E-state index contributed by atoms with van der Waals surface area (Å²) in [5.74, 6) is 0.